The first-order valence-corrected chi connectivity index (χ1v) is 10.6. The lowest BCUT2D eigenvalue weighted by Gasteiger charge is -2.15. The Labute approximate surface area is 182 Å². The molecule has 3 aromatic rings. The van der Waals surface area contributed by atoms with E-state index in [2.05, 4.69) is 18.8 Å². The number of hydrogen-bond donors (Lipinski definition) is 1. The average Bonchev–Trinajstić information content (AvgIpc) is 2.93. The molecule has 1 N–H and O–H groups in total. The van der Waals surface area contributed by atoms with Crippen molar-refractivity contribution >= 4 is 23.4 Å². The third-order valence-electron chi connectivity index (χ3n) is 4.84. The van der Waals surface area contributed by atoms with Crippen molar-refractivity contribution < 1.29 is 18.3 Å². The number of rotatable bonds is 6. The molecule has 2 aromatic heterocycles. The third kappa shape index (κ3) is 4.85. The van der Waals surface area contributed by atoms with Gasteiger partial charge in [-0.2, -0.15) is 13.2 Å². The Hall–Kier alpha value is -1.96. The minimum atomic E-state index is -4.47. The molecule has 0 saturated heterocycles. The maximum absolute atomic E-state index is 12.8. The molecule has 0 radical (unpaired) electrons. The minimum Gasteiger partial charge on any atom is -0.392 e. The lowest BCUT2D eigenvalue weighted by Crippen LogP contribution is -2.09. The summed E-state index contributed by atoms with van der Waals surface area (Å²) in [5.41, 5.74) is 2.48. The predicted octanol–water partition coefficient (Wildman–Crippen LogP) is 6.68. The highest BCUT2D eigenvalue weighted by molar-refractivity contribution is 7.99. The van der Waals surface area contributed by atoms with Crippen LogP contribution in [0.1, 0.15) is 47.8 Å². The Bertz CT molecular complexity index is 1030. The molecule has 0 fully saturated rings. The highest BCUT2D eigenvalue weighted by atomic mass is 35.5. The van der Waals surface area contributed by atoms with Crippen molar-refractivity contribution in [1.29, 1.82) is 0 Å². The molecule has 3 nitrogen and oxygen atoms in total. The van der Waals surface area contributed by atoms with E-state index in [9.17, 15) is 18.3 Å². The number of aromatic nitrogens is 2. The summed E-state index contributed by atoms with van der Waals surface area (Å²) in [5, 5.41) is 11.6. The molecular formula is C22H22ClF3N2OS. The number of nitrogens with zero attached hydrogens (tertiary/aromatic N) is 2. The van der Waals surface area contributed by atoms with Gasteiger partial charge in [-0.15, -0.1) is 0 Å². The highest BCUT2D eigenvalue weighted by Crippen LogP contribution is 2.40. The second-order valence-electron chi connectivity index (χ2n) is 7.29. The van der Waals surface area contributed by atoms with Crippen molar-refractivity contribution in [3.63, 3.8) is 0 Å². The molecule has 160 valence electrons. The molecule has 0 aliphatic rings. The van der Waals surface area contributed by atoms with E-state index in [0.717, 1.165) is 32.8 Å². The summed E-state index contributed by atoms with van der Waals surface area (Å²) in [6.07, 6.45) is -3.21. The van der Waals surface area contributed by atoms with Crippen molar-refractivity contribution in [3.05, 3.63) is 75.7 Å². The van der Waals surface area contributed by atoms with Gasteiger partial charge in [0.05, 0.1) is 11.6 Å². The summed E-state index contributed by atoms with van der Waals surface area (Å²) in [4.78, 5) is 4.52. The molecule has 0 saturated carbocycles. The summed E-state index contributed by atoms with van der Waals surface area (Å²) in [7, 11) is 0. The molecule has 0 aliphatic heterocycles. The van der Waals surface area contributed by atoms with E-state index in [1.165, 1.54) is 24.0 Å². The molecule has 3 rings (SSSR count). The van der Waals surface area contributed by atoms with E-state index >= 15 is 0 Å². The Morgan fingerprint density at radius 3 is 2.47 bits per heavy atom. The van der Waals surface area contributed by atoms with Crippen LogP contribution in [0.3, 0.4) is 0 Å². The molecule has 0 amide bonds. The fourth-order valence-electron chi connectivity index (χ4n) is 3.39. The van der Waals surface area contributed by atoms with Gasteiger partial charge in [0.15, 0.2) is 0 Å². The number of hydrogen-bond acceptors (Lipinski definition) is 3. The van der Waals surface area contributed by atoms with Gasteiger partial charge in [-0.05, 0) is 48.2 Å². The molecule has 1 aromatic carbocycles. The number of aliphatic hydroxyl groups excluding tert-OH is 1. The van der Waals surface area contributed by atoms with Gasteiger partial charge in [0.2, 0.25) is 0 Å². The number of benzene rings is 1. The van der Waals surface area contributed by atoms with Crippen LogP contribution < -0.4 is 0 Å². The van der Waals surface area contributed by atoms with Crippen molar-refractivity contribution in [2.75, 3.05) is 0 Å². The van der Waals surface area contributed by atoms with E-state index in [1.54, 1.807) is 6.07 Å². The molecule has 2 heterocycles. The van der Waals surface area contributed by atoms with E-state index in [1.807, 2.05) is 29.7 Å². The van der Waals surface area contributed by atoms with Crippen LogP contribution in [0.5, 0.6) is 0 Å². The molecule has 0 aliphatic carbocycles. The quantitative estimate of drug-likeness (QED) is 0.451. The lowest BCUT2D eigenvalue weighted by molar-refractivity contribution is -0.141. The van der Waals surface area contributed by atoms with Crippen LogP contribution in [-0.4, -0.2) is 14.7 Å². The zero-order chi connectivity index (χ0) is 22.1. The van der Waals surface area contributed by atoms with Crippen LogP contribution >= 0.6 is 23.4 Å². The number of aliphatic hydroxyl groups is 1. The van der Waals surface area contributed by atoms with Gasteiger partial charge >= 0.3 is 6.18 Å². The van der Waals surface area contributed by atoms with Gasteiger partial charge in [0.1, 0.15) is 5.69 Å². The Morgan fingerprint density at radius 2 is 1.93 bits per heavy atom. The highest BCUT2D eigenvalue weighted by Gasteiger charge is 2.32. The second-order valence-corrected chi connectivity index (χ2v) is 8.79. The Morgan fingerprint density at radius 1 is 1.20 bits per heavy atom. The number of pyridine rings is 1. The van der Waals surface area contributed by atoms with Crippen LogP contribution in [0.15, 0.2) is 52.5 Å². The molecule has 0 bridgehead atoms. The van der Waals surface area contributed by atoms with Crippen molar-refractivity contribution in [2.24, 2.45) is 0 Å². The van der Waals surface area contributed by atoms with E-state index in [-0.39, 0.29) is 12.5 Å². The normalized spacial score (nSPS) is 12.0. The summed E-state index contributed by atoms with van der Waals surface area (Å²) >= 11 is 7.67. The maximum Gasteiger partial charge on any atom is 0.433 e. The first-order chi connectivity index (χ1) is 14.1. The summed E-state index contributed by atoms with van der Waals surface area (Å²) < 4.78 is 40.5. The molecule has 30 heavy (non-hydrogen) atoms. The lowest BCUT2D eigenvalue weighted by atomic mass is 10.0. The summed E-state index contributed by atoms with van der Waals surface area (Å²) in [6, 6.07) is 9.91. The van der Waals surface area contributed by atoms with Gasteiger partial charge in [-0.25, -0.2) is 0 Å². The van der Waals surface area contributed by atoms with Gasteiger partial charge in [0.25, 0.3) is 0 Å². The van der Waals surface area contributed by atoms with Gasteiger partial charge in [-0.1, -0.05) is 49.3 Å². The van der Waals surface area contributed by atoms with E-state index in [0.29, 0.717) is 17.1 Å². The van der Waals surface area contributed by atoms with Gasteiger partial charge in [0, 0.05) is 33.9 Å². The second kappa shape index (κ2) is 9.04. The molecule has 0 spiro atoms. The zero-order valence-electron chi connectivity index (χ0n) is 16.8. The first-order valence-electron chi connectivity index (χ1n) is 9.40. The van der Waals surface area contributed by atoms with Crippen LogP contribution in [0, 0.1) is 6.92 Å². The third-order valence-corrected chi connectivity index (χ3v) is 6.20. The van der Waals surface area contributed by atoms with Crippen LogP contribution in [0.4, 0.5) is 13.2 Å². The molecule has 0 atom stereocenters. The number of halogens is 4. The average molecular weight is 455 g/mol. The fraction of sp³-hybridized carbons (Fsp3) is 0.318. The molecule has 0 unspecified atom stereocenters. The van der Waals surface area contributed by atoms with E-state index < -0.39 is 11.9 Å². The Kier molecular flexibility index (Phi) is 6.84. The molecular weight excluding hydrogens is 433 g/mol. The van der Waals surface area contributed by atoms with Crippen molar-refractivity contribution in [2.45, 2.75) is 55.9 Å². The minimum absolute atomic E-state index is 0.110. The smallest absolute Gasteiger partial charge is 0.392 e. The van der Waals surface area contributed by atoms with Crippen molar-refractivity contribution in [1.82, 2.24) is 9.55 Å². The topological polar surface area (TPSA) is 38.0 Å². The largest absolute Gasteiger partial charge is 0.433 e. The SMILES string of the molecule is Cc1c(CO)c(C(C)C)c(Sc2cccc(Cl)c2)n1Cc1ccc(C(F)(F)F)nc1. The van der Waals surface area contributed by atoms with Crippen LogP contribution in [0.2, 0.25) is 5.02 Å². The van der Waals surface area contributed by atoms with Crippen LogP contribution in [0.25, 0.3) is 0 Å². The predicted molar refractivity (Wildman–Crippen MR) is 113 cm³/mol. The fourth-order valence-corrected chi connectivity index (χ4v) is 4.98. The zero-order valence-corrected chi connectivity index (χ0v) is 18.4. The molecule has 8 heteroatoms. The summed E-state index contributed by atoms with van der Waals surface area (Å²) in [6.45, 7) is 6.26. The first kappa shape index (κ1) is 22.7. The van der Waals surface area contributed by atoms with Crippen molar-refractivity contribution in [3.8, 4) is 0 Å². The van der Waals surface area contributed by atoms with Gasteiger partial charge in [-0.3, -0.25) is 4.98 Å². The van der Waals surface area contributed by atoms with Crippen LogP contribution in [-0.2, 0) is 19.3 Å². The summed E-state index contributed by atoms with van der Waals surface area (Å²) in [5.74, 6) is 0.152. The van der Waals surface area contributed by atoms with Gasteiger partial charge < -0.3 is 9.67 Å². The standard InChI is InChI=1S/C22H22ClF3N2OS/c1-13(2)20-18(12-29)14(3)28(21(20)30-17-6-4-5-16(23)9-17)11-15-7-8-19(27-10-15)22(24,25)26/h4-10,13,29H,11-12H2,1-3H3. The Balaban J connectivity index is 2.06. The van der Waals surface area contributed by atoms with E-state index in [4.69, 9.17) is 11.6 Å². The monoisotopic (exact) mass is 454 g/mol. The number of alkyl halides is 3. The maximum atomic E-state index is 12.8.